The van der Waals surface area contributed by atoms with Crippen molar-refractivity contribution in [2.45, 2.75) is 51.2 Å². The summed E-state index contributed by atoms with van der Waals surface area (Å²) in [6.07, 6.45) is 5.33. The van der Waals surface area contributed by atoms with Crippen molar-refractivity contribution in [2.24, 2.45) is 11.8 Å². The second kappa shape index (κ2) is 5.99. The van der Waals surface area contributed by atoms with Crippen molar-refractivity contribution in [3.63, 3.8) is 0 Å². The predicted octanol–water partition coefficient (Wildman–Crippen LogP) is 1.98. The molecule has 0 amide bonds. The van der Waals surface area contributed by atoms with Crippen LogP contribution in [0.15, 0.2) is 0 Å². The molecule has 16 heavy (non-hydrogen) atoms. The maximum atomic E-state index is 10.3. The molecule has 2 fully saturated rings. The molecule has 3 atom stereocenters. The summed E-state index contributed by atoms with van der Waals surface area (Å²) >= 11 is 0. The fraction of sp³-hybridized carbons (Fsp3) is 1.00. The van der Waals surface area contributed by atoms with E-state index in [0.717, 1.165) is 51.9 Å². The lowest BCUT2D eigenvalue weighted by Gasteiger charge is -2.28. The van der Waals surface area contributed by atoms with E-state index < -0.39 is 0 Å². The van der Waals surface area contributed by atoms with Gasteiger partial charge in [0.15, 0.2) is 0 Å². The minimum absolute atomic E-state index is 0.171. The molecule has 3 unspecified atom stereocenters. The van der Waals surface area contributed by atoms with Gasteiger partial charge in [0.1, 0.15) is 0 Å². The van der Waals surface area contributed by atoms with E-state index in [0.29, 0.717) is 11.8 Å². The van der Waals surface area contributed by atoms with E-state index in [9.17, 15) is 5.11 Å². The molecule has 0 saturated carbocycles. The van der Waals surface area contributed by atoms with Gasteiger partial charge in [-0.25, -0.2) is 0 Å². The summed E-state index contributed by atoms with van der Waals surface area (Å²) in [6, 6.07) is 0. The molecule has 2 saturated heterocycles. The largest absolute Gasteiger partial charge is 0.393 e. The zero-order chi connectivity index (χ0) is 11.4. The van der Waals surface area contributed by atoms with Crippen LogP contribution in [0.4, 0.5) is 0 Å². The van der Waals surface area contributed by atoms with E-state index in [1.165, 1.54) is 0 Å². The first-order valence-corrected chi connectivity index (χ1v) is 6.68. The van der Waals surface area contributed by atoms with Gasteiger partial charge in [-0.05, 0) is 38.0 Å². The lowest BCUT2D eigenvalue weighted by molar-refractivity contribution is 0.00203. The van der Waals surface area contributed by atoms with Gasteiger partial charge >= 0.3 is 0 Å². The number of hydrogen-bond donors (Lipinski definition) is 1. The molecule has 0 aromatic heterocycles. The lowest BCUT2D eigenvalue weighted by atomic mass is 9.85. The average molecular weight is 228 g/mol. The zero-order valence-corrected chi connectivity index (χ0v) is 10.2. The SMILES string of the molecule is CCC1OCCC1C(O)CC1CCOCC1. The molecule has 0 radical (unpaired) electrons. The first-order chi connectivity index (χ1) is 7.81. The van der Waals surface area contributed by atoms with Crippen LogP contribution >= 0.6 is 0 Å². The van der Waals surface area contributed by atoms with Crippen molar-refractivity contribution in [1.29, 1.82) is 0 Å². The summed E-state index contributed by atoms with van der Waals surface area (Å²) < 4.78 is 11.0. The Bertz CT molecular complexity index is 201. The van der Waals surface area contributed by atoms with Gasteiger partial charge in [-0.1, -0.05) is 6.92 Å². The molecule has 2 heterocycles. The summed E-state index contributed by atoms with van der Waals surface area (Å²) in [6.45, 7) is 4.71. The third-order valence-electron chi connectivity index (χ3n) is 4.07. The summed E-state index contributed by atoms with van der Waals surface area (Å²) in [4.78, 5) is 0. The summed E-state index contributed by atoms with van der Waals surface area (Å²) in [5.74, 6) is 1.02. The van der Waals surface area contributed by atoms with Crippen molar-refractivity contribution in [1.82, 2.24) is 0 Å². The second-order valence-corrected chi connectivity index (χ2v) is 5.13. The number of aliphatic hydroxyl groups is 1. The molecule has 0 aromatic rings. The second-order valence-electron chi connectivity index (χ2n) is 5.13. The topological polar surface area (TPSA) is 38.7 Å². The van der Waals surface area contributed by atoms with E-state index in [2.05, 4.69) is 6.92 Å². The average Bonchev–Trinajstić information content (AvgIpc) is 2.78. The maximum Gasteiger partial charge on any atom is 0.0626 e. The highest BCUT2D eigenvalue weighted by atomic mass is 16.5. The van der Waals surface area contributed by atoms with Crippen molar-refractivity contribution in [3.8, 4) is 0 Å². The van der Waals surface area contributed by atoms with Gasteiger partial charge < -0.3 is 14.6 Å². The van der Waals surface area contributed by atoms with E-state index in [-0.39, 0.29) is 12.2 Å². The number of aliphatic hydroxyl groups excluding tert-OH is 1. The van der Waals surface area contributed by atoms with Crippen molar-refractivity contribution in [2.75, 3.05) is 19.8 Å². The minimum Gasteiger partial charge on any atom is -0.393 e. The van der Waals surface area contributed by atoms with Gasteiger partial charge in [0, 0.05) is 25.7 Å². The van der Waals surface area contributed by atoms with Gasteiger partial charge in [0.2, 0.25) is 0 Å². The highest BCUT2D eigenvalue weighted by Crippen LogP contribution is 2.31. The molecule has 94 valence electrons. The van der Waals surface area contributed by atoms with Gasteiger partial charge in [-0.3, -0.25) is 0 Å². The molecule has 2 rings (SSSR count). The molecule has 2 aliphatic rings. The highest BCUT2D eigenvalue weighted by Gasteiger charge is 2.33. The Morgan fingerprint density at radius 2 is 1.94 bits per heavy atom. The van der Waals surface area contributed by atoms with E-state index in [1.807, 2.05) is 0 Å². The Hall–Kier alpha value is -0.120. The third-order valence-corrected chi connectivity index (χ3v) is 4.07. The van der Waals surface area contributed by atoms with Crippen molar-refractivity contribution >= 4 is 0 Å². The molecule has 0 spiro atoms. The molecule has 0 aliphatic carbocycles. The maximum absolute atomic E-state index is 10.3. The molecule has 1 N–H and O–H groups in total. The molecule has 3 heteroatoms. The Kier molecular flexibility index (Phi) is 4.62. The Morgan fingerprint density at radius 3 is 2.62 bits per heavy atom. The summed E-state index contributed by atoms with van der Waals surface area (Å²) in [5.41, 5.74) is 0. The first kappa shape index (κ1) is 12.3. The Morgan fingerprint density at radius 1 is 1.19 bits per heavy atom. The molecule has 0 bridgehead atoms. The van der Waals surface area contributed by atoms with E-state index in [4.69, 9.17) is 9.47 Å². The fourth-order valence-corrected chi connectivity index (χ4v) is 3.02. The van der Waals surface area contributed by atoms with Crippen molar-refractivity contribution < 1.29 is 14.6 Å². The van der Waals surface area contributed by atoms with Crippen LogP contribution in [-0.2, 0) is 9.47 Å². The van der Waals surface area contributed by atoms with E-state index in [1.54, 1.807) is 0 Å². The lowest BCUT2D eigenvalue weighted by Crippen LogP contribution is -2.31. The highest BCUT2D eigenvalue weighted by molar-refractivity contribution is 4.83. The van der Waals surface area contributed by atoms with Crippen LogP contribution in [0.2, 0.25) is 0 Å². The number of ether oxygens (including phenoxy) is 2. The molecule has 0 aromatic carbocycles. The van der Waals surface area contributed by atoms with Gasteiger partial charge in [0.25, 0.3) is 0 Å². The zero-order valence-electron chi connectivity index (χ0n) is 10.2. The van der Waals surface area contributed by atoms with Gasteiger partial charge in [-0.2, -0.15) is 0 Å². The van der Waals surface area contributed by atoms with Crippen molar-refractivity contribution in [3.05, 3.63) is 0 Å². The first-order valence-electron chi connectivity index (χ1n) is 6.68. The quantitative estimate of drug-likeness (QED) is 0.799. The molecular weight excluding hydrogens is 204 g/mol. The normalized spacial score (nSPS) is 34.1. The van der Waals surface area contributed by atoms with Crippen LogP contribution < -0.4 is 0 Å². The minimum atomic E-state index is -0.171. The van der Waals surface area contributed by atoms with Gasteiger partial charge in [-0.15, -0.1) is 0 Å². The molecule has 3 nitrogen and oxygen atoms in total. The van der Waals surface area contributed by atoms with Crippen LogP contribution in [0.25, 0.3) is 0 Å². The monoisotopic (exact) mass is 228 g/mol. The van der Waals surface area contributed by atoms with E-state index >= 15 is 0 Å². The van der Waals surface area contributed by atoms with Crippen LogP contribution in [0, 0.1) is 11.8 Å². The summed E-state index contributed by atoms with van der Waals surface area (Å²) in [5, 5.41) is 10.3. The van der Waals surface area contributed by atoms with Crippen LogP contribution in [-0.4, -0.2) is 37.1 Å². The van der Waals surface area contributed by atoms with Crippen LogP contribution in [0.5, 0.6) is 0 Å². The van der Waals surface area contributed by atoms with Crippen LogP contribution in [0.1, 0.15) is 39.0 Å². The smallest absolute Gasteiger partial charge is 0.0626 e. The summed E-state index contributed by atoms with van der Waals surface area (Å²) in [7, 11) is 0. The number of hydrogen-bond acceptors (Lipinski definition) is 3. The fourth-order valence-electron chi connectivity index (χ4n) is 3.02. The van der Waals surface area contributed by atoms with Gasteiger partial charge in [0.05, 0.1) is 12.2 Å². The van der Waals surface area contributed by atoms with Crippen LogP contribution in [0.3, 0.4) is 0 Å². The molecular formula is C13H24O3. The predicted molar refractivity (Wildman–Crippen MR) is 62.3 cm³/mol. The Labute approximate surface area is 98.1 Å². The Balaban J connectivity index is 1.79. The third kappa shape index (κ3) is 2.96. The number of rotatable bonds is 4. The molecule has 2 aliphatic heterocycles. The standard InChI is InChI=1S/C13H24O3/c1-2-13-11(5-8-16-13)12(14)9-10-3-6-15-7-4-10/h10-14H,2-9H2,1H3.